The van der Waals surface area contributed by atoms with E-state index in [-0.39, 0.29) is 22.3 Å². The topological polar surface area (TPSA) is 131 Å². The third-order valence-corrected chi connectivity index (χ3v) is 6.39. The quantitative estimate of drug-likeness (QED) is 0.629. The SMILES string of the molecule is NC1CCCS(=O)(=O)c2cc(C(=O)Nc3ccnc4[nH]ncc34)ccc21. The van der Waals surface area contributed by atoms with Gasteiger partial charge in [-0.1, -0.05) is 6.07 Å². The van der Waals surface area contributed by atoms with Crippen LogP contribution in [0.4, 0.5) is 5.69 Å². The largest absolute Gasteiger partial charge is 0.324 e. The van der Waals surface area contributed by atoms with Gasteiger partial charge in [0.25, 0.3) is 5.91 Å². The summed E-state index contributed by atoms with van der Waals surface area (Å²) in [4.78, 5) is 16.9. The second-order valence-corrected chi connectivity index (χ2v) is 8.34. The molecule has 2 aromatic heterocycles. The van der Waals surface area contributed by atoms with Crippen molar-refractivity contribution in [3.8, 4) is 0 Å². The first kappa shape index (κ1) is 16.7. The second kappa shape index (κ2) is 6.19. The molecule has 1 unspecified atom stereocenters. The van der Waals surface area contributed by atoms with E-state index in [0.717, 1.165) is 0 Å². The molecule has 1 aliphatic rings. The number of pyridine rings is 1. The van der Waals surface area contributed by atoms with Crippen molar-refractivity contribution in [1.29, 1.82) is 0 Å². The number of nitrogens with two attached hydrogens (primary N) is 1. The molecule has 8 nitrogen and oxygen atoms in total. The van der Waals surface area contributed by atoms with E-state index in [9.17, 15) is 13.2 Å². The Kier molecular flexibility index (Phi) is 3.97. The summed E-state index contributed by atoms with van der Waals surface area (Å²) in [5.74, 6) is -0.367. The fourth-order valence-corrected chi connectivity index (χ4v) is 4.82. The summed E-state index contributed by atoms with van der Waals surface area (Å²) in [7, 11) is -3.45. The minimum absolute atomic E-state index is 0.0404. The molecular formula is C17H17N5O3S. The van der Waals surface area contributed by atoms with E-state index < -0.39 is 15.7 Å². The maximum absolute atomic E-state index is 12.7. The van der Waals surface area contributed by atoms with Crippen molar-refractivity contribution in [2.75, 3.05) is 11.1 Å². The number of sulfone groups is 1. The summed E-state index contributed by atoms with van der Waals surface area (Å²) >= 11 is 0. The lowest BCUT2D eigenvalue weighted by Gasteiger charge is -2.13. The summed E-state index contributed by atoms with van der Waals surface area (Å²) in [6.07, 6.45) is 4.23. The summed E-state index contributed by atoms with van der Waals surface area (Å²) in [5, 5.41) is 10.1. The molecule has 0 saturated heterocycles. The number of nitrogens with zero attached hydrogens (tertiary/aromatic N) is 2. The molecule has 4 N–H and O–H groups in total. The monoisotopic (exact) mass is 371 g/mol. The fourth-order valence-electron chi connectivity index (χ4n) is 3.16. The first-order valence-electron chi connectivity index (χ1n) is 8.17. The Morgan fingerprint density at radius 3 is 3.00 bits per heavy atom. The van der Waals surface area contributed by atoms with Crippen LogP contribution in [0.3, 0.4) is 0 Å². The molecule has 3 aromatic rings. The normalized spacial score (nSPS) is 18.9. The zero-order valence-electron chi connectivity index (χ0n) is 13.8. The fraction of sp³-hybridized carbons (Fsp3) is 0.235. The molecule has 4 rings (SSSR count). The molecule has 1 atom stereocenters. The Morgan fingerprint density at radius 1 is 1.31 bits per heavy atom. The van der Waals surface area contributed by atoms with Crippen LogP contribution in [0.2, 0.25) is 0 Å². The van der Waals surface area contributed by atoms with Crippen LogP contribution in [0.25, 0.3) is 11.0 Å². The molecule has 3 heterocycles. The number of fused-ring (bicyclic) bond motifs is 2. The molecule has 134 valence electrons. The van der Waals surface area contributed by atoms with E-state index >= 15 is 0 Å². The highest BCUT2D eigenvalue weighted by atomic mass is 32.2. The van der Waals surface area contributed by atoms with Gasteiger partial charge in [0.1, 0.15) is 0 Å². The molecule has 0 bridgehead atoms. The zero-order chi connectivity index (χ0) is 18.3. The van der Waals surface area contributed by atoms with Gasteiger partial charge in [-0.25, -0.2) is 13.4 Å². The molecule has 9 heteroatoms. The molecular weight excluding hydrogens is 354 g/mol. The van der Waals surface area contributed by atoms with Crippen molar-refractivity contribution < 1.29 is 13.2 Å². The van der Waals surface area contributed by atoms with Crippen LogP contribution in [-0.2, 0) is 9.84 Å². The number of carbonyl (C=O) groups excluding carboxylic acids is 1. The molecule has 0 fully saturated rings. The number of anilines is 1. The zero-order valence-corrected chi connectivity index (χ0v) is 14.6. The molecule has 1 amide bonds. The van der Waals surface area contributed by atoms with Crippen LogP contribution < -0.4 is 11.1 Å². The number of aromatic nitrogens is 3. The molecule has 0 radical (unpaired) electrons. The second-order valence-electron chi connectivity index (χ2n) is 6.27. The number of carbonyl (C=O) groups is 1. The number of aromatic amines is 1. The summed E-state index contributed by atoms with van der Waals surface area (Å²) < 4.78 is 25.0. The number of H-pyrrole nitrogens is 1. The van der Waals surface area contributed by atoms with E-state index in [1.807, 2.05) is 0 Å². The average molecular weight is 371 g/mol. The van der Waals surface area contributed by atoms with Gasteiger partial charge in [0.05, 0.1) is 27.9 Å². The van der Waals surface area contributed by atoms with E-state index in [1.165, 1.54) is 6.07 Å². The number of benzene rings is 1. The third-order valence-electron chi connectivity index (χ3n) is 4.54. The summed E-state index contributed by atoms with van der Waals surface area (Å²) in [6, 6.07) is 5.97. The van der Waals surface area contributed by atoms with E-state index in [0.29, 0.717) is 35.1 Å². The lowest BCUT2D eigenvalue weighted by atomic mass is 10.0. The summed E-state index contributed by atoms with van der Waals surface area (Å²) in [5.41, 5.74) is 8.01. The Balaban J connectivity index is 1.71. The van der Waals surface area contributed by atoms with Gasteiger partial charge in [0.2, 0.25) is 0 Å². The Bertz CT molecular complexity index is 1110. The van der Waals surface area contributed by atoms with Crippen molar-refractivity contribution in [3.63, 3.8) is 0 Å². The predicted molar refractivity (Wildman–Crippen MR) is 96.5 cm³/mol. The first-order chi connectivity index (χ1) is 12.5. The predicted octanol–water partition coefficient (Wildman–Crippen LogP) is 1.78. The van der Waals surface area contributed by atoms with Gasteiger partial charge >= 0.3 is 0 Å². The molecule has 1 aromatic carbocycles. The number of hydrogen-bond acceptors (Lipinski definition) is 6. The van der Waals surface area contributed by atoms with E-state index in [1.54, 1.807) is 30.6 Å². The van der Waals surface area contributed by atoms with Crippen LogP contribution in [0.15, 0.2) is 41.6 Å². The van der Waals surface area contributed by atoms with Crippen LogP contribution in [0, 0.1) is 0 Å². The van der Waals surface area contributed by atoms with Gasteiger partial charge < -0.3 is 11.1 Å². The van der Waals surface area contributed by atoms with Gasteiger partial charge in [-0.3, -0.25) is 9.89 Å². The smallest absolute Gasteiger partial charge is 0.255 e. The maximum Gasteiger partial charge on any atom is 0.255 e. The van der Waals surface area contributed by atoms with Gasteiger partial charge in [0, 0.05) is 17.8 Å². The van der Waals surface area contributed by atoms with Crippen molar-refractivity contribution in [3.05, 3.63) is 47.8 Å². The number of rotatable bonds is 2. The lowest BCUT2D eigenvalue weighted by Crippen LogP contribution is -2.16. The van der Waals surface area contributed by atoms with E-state index in [4.69, 9.17) is 5.73 Å². The van der Waals surface area contributed by atoms with Crippen molar-refractivity contribution in [2.45, 2.75) is 23.8 Å². The minimum atomic E-state index is -3.45. The molecule has 0 spiro atoms. The third kappa shape index (κ3) is 2.85. The number of hydrogen-bond donors (Lipinski definition) is 3. The summed E-state index contributed by atoms with van der Waals surface area (Å²) in [6.45, 7) is 0. The van der Waals surface area contributed by atoms with Gasteiger partial charge in [-0.15, -0.1) is 0 Å². The molecule has 0 saturated carbocycles. The van der Waals surface area contributed by atoms with Gasteiger partial charge in [-0.05, 0) is 36.6 Å². The molecule has 1 aliphatic heterocycles. The van der Waals surface area contributed by atoms with Crippen molar-refractivity contribution >= 4 is 32.5 Å². The minimum Gasteiger partial charge on any atom is -0.324 e. The number of nitrogens with one attached hydrogen (secondary N) is 2. The highest BCUT2D eigenvalue weighted by Crippen LogP contribution is 2.31. The van der Waals surface area contributed by atoms with Gasteiger partial charge in [-0.2, -0.15) is 5.10 Å². The highest BCUT2D eigenvalue weighted by Gasteiger charge is 2.27. The average Bonchev–Trinajstić information content (AvgIpc) is 3.06. The number of amides is 1. The van der Waals surface area contributed by atoms with Crippen LogP contribution in [-0.4, -0.2) is 35.3 Å². The van der Waals surface area contributed by atoms with Crippen LogP contribution in [0.1, 0.15) is 34.8 Å². The van der Waals surface area contributed by atoms with Crippen LogP contribution >= 0.6 is 0 Å². The molecule has 0 aliphatic carbocycles. The Morgan fingerprint density at radius 2 is 2.15 bits per heavy atom. The maximum atomic E-state index is 12.7. The first-order valence-corrected chi connectivity index (χ1v) is 9.83. The lowest BCUT2D eigenvalue weighted by molar-refractivity contribution is 0.102. The van der Waals surface area contributed by atoms with Crippen LogP contribution in [0.5, 0.6) is 0 Å². The van der Waals surface area contributed by atoms with Gasteiger partial charge in [0.15, 0.2) is 15.5 Å². The Labute approximate surface area is 149 Å². The standard InChI is InChI=1S/C17H17N5O3S/c18-13-2-1-7-26(24,25)15-8-10(3-4-11(13)15)17(23)21-14-5-6-19-16-12(14)9-20-22-16/h3-6,8-9,13H,1-2,7,18H2,(H2,19,20,21,22,23). The van der Waals surface area contributed by atoms with Crippen molar-refractivity contribution in [2.24, 2.45) is 5.73 Å². The van der Waals surface area contributed by atoms with E-state index in [2.05, 4.69) is 20.5 Å². The van der Waals surface area contributed by atoms with Crippen molar-refractivity contribution in [1.82, 2.24) is 15.2 Å². The Hall–Kier alpha value is -2.78. The molecule has 26 heavy (non-hydrogen) atoms. The highest BCUT2D eigenvalue weighted by molar-refractivity contribution is 7.91.